The van der Waals surface area contributed by atoms with Gasteiger partial charge >= 0.3 is 5.97 Å². The maximum atomic E-state index is 11.3. The minimum Gasteiger partial charge on any atom is -0.496 e. The maximum absolute atomic E-state index is 11.3. The summed E-state index contributed by atoms with van der Waals surface area (Å²) < 4.78 is 9.69. The van der Waals surface area contributed by atoms with Gasteiger partial charge in [-0.2, -0.15) is 0 Å². The highest BCUT2D eigenvalue weighted by molar-refractivity contribution is 5.94. The minimum atomic E-state index is -0.366. The van der Waals surface area contributed by atoms with Crippen molar-refractivity contribution in [3.05, 3.63) is 29.3 Å². The molecule has 3 nitrogen and oxygen atoms in total. The van der Waals surface area contributed by atoms with E-state index in [1.165, 1.54) is 14.2 Å². The minimum absolute atomic E-state index is 0.366. The van der Waals surface area contributed by atoms with Crippen LogP contribution in [0, 0.1) is 6.92 Å². The third-order valence-corrected chi connectivity index (χ3v) is 1.84. The molecule has 13 heavy (non-hydrogen) atoms. The Kier molecular flexibility index (Phi) is 2.90. The molecule has 1 rings (SSSR count). The molecule has 0 unspecified atom stereocenters. The lowest BCUT2D eigenvalue weighted by molar-refractivity contribution is 0.0596. The molecule has 0 aliphatic rings. The van der Waals surface area contributed by atoms with Gasteiger partial charge in [0.15, 0.2) is 0 Å². The number of benzene rings is 1. The van der Waals surface area contributed by atoms with Crippen molar-refractivity contribution in [1.29, 1.82) is 0 Å². The van der Waals surface area contributed by atoms with E-state index in [0.717, 1.165) is 5.56 Å². The first kappa shape index (κ1) is 9.58. The second-order valence-corrected chi connectivity index (χ2v) is 2.64. The van der Waals surface area contributed by atoms with Gasteiger partial charge in [-0.05, 0) is 18.6 Å². The number of hydrogen-bond donors (Lipinski definition) is 0. The van der Waals surface area contributed by atoms with Crippen molar-refractivity contribution in [3.8, 4) is 5.75 Å². The molecule has 0 radical (unpaired) electrons. The first-order valence-electron chi connectivity index (χ1n) is 3.92. The summed E-state index contributed by atoms with van der Waals surface area (Å²) in [4.78, 5) is 11.3. The molecular formula is C10H12O3. The predicted molar refractivity (Wildman–Crippen MR) is 49.1 cm³/mol. The van der Waals surface area contributed by atoms with Crippen LogP contribution in [0.3, 0.4) is 0 Å². The van der Waals surface area contributed by atoms with Crippen LogP contribution >= 0.6 is 0 Å². The van der Waals surface area contributed by atoms with Crippen LogP contribution in [0.4, 0.5) is 0 Å². The smallest absolute Gasteiger partial charge is 0.341 e. The molecule has 0 heterocycles. The summed E-state index contributed by atoms with van der Waals surface area (Å²) in [6.45, 7) is 1.84. The first-order chi connectivity index (χ1) is 6.20. The summed E-state index contributed by atoms with van der Waals surface area (Å²) in [5.41, 5.74) is 1.35. The van der Waals surface area contributed by atoms with Gasteiger partial charge in [-0.25, -0.2) is 4.79 Å². The SMILES string of the molecule is COC(=O)c1c(C)cccc1OC. The lowest BCUT2D eigenvalue weighted by Gasteiger charge is -2.08. The number of ether oxygens (including phenoxy) is 2. The topological polar surface area (TPSA) is 35.5 Å². The number of hydrogen-bond acceptors (Lipinski definition) is 3. The van der Waals surface area contributed by atoms with Gasteiger partial charge < -0.3 is 9.47 Å². The van der Waals surface area contributed by atoms with E-state index in [-0.39, 0.29) is 5.97 Å². The second kappa shape index (κ2) is 3.94. The molecule has 0 N–H and O–H groups in total. The van der Waals surface area contributed by atoms with Crippen LogP contribution in [0.1, 0.15) is 15.9 Å². The van der Waals surface area contributed by atoms with E-state index in [4.69, 9.17) is 4.74 Å². The van der Waals surface area contributed by atoms with Crippen molar-refractivity contribution in [2.24, 2.45) is 0 Å². The summed E-state index contributed by atoms with van der Waals surface area (Å²) in [7, 11) is 2.88. The molecule has 3 heteroatoms. The summed E-state index contributed by atoms with van der Waals surface area (Å²) in [6.07, 6.45) is 0. The molecule has 0 spiro atoms. The van der Waals surface area contributed by atoms with Crippen LogP contribution < -0.4 is 4.74 Å². The zero-order valence-electron chi connectivity index (χ0n) is 7.96. The van der Waals surface area contributed by atoms with Crippen LogP contribution in [0.2, 0.25) is 0 Å². The molecule has 0 bridgehead atoms. The Morgan fingerprint density at radius 1 is 1.31 bits per heavy atom. The average Bonchev–Trinajstić information content (AvgIpc) is 2.16. The van der Waals surface area contributed by atoms with E-state index in [1.807, 2.05) is 19.1 Å². The standard InChI is InChI=1S/C10H12O3/c1-7-5-4-6-8(12-2)9(7)10(11)13-3/h4-6H,1-3H3. The van der Waals surface area contributed by atoms with Gasteiger partial charge in [-0.3, -0.25) is 0 Å². The quantitative estimate of drug-likeness (QED) is 0.651. The molecule has 0 aliphatic carbocycles. The summed E-state index contributed by atoms with van der Waals surface area (Å²) >= 11 is 0. The van der Waals surface area contributed by atoms with Gasteiger partial charge in [0.05, 0.1) is 14.2 Å². The van der Waals surface area contributed by atoms with Crippen molar-refractivity contribution < 1.29 is 14.3 Å². The molecular weight excluding hydrogens is 168 g/mol. The molecule has 0 aliphatic heterocycles. The van der Waals surface area contributed by atoms with Gasteiger partial charge in [0.2, 0.25) is 0 Å². The number of methoxy groups -OCH3 is 2. The van der Waals surface area contributed by atoms with E-state index in [1.54, 1.807) is 6.07 Å². The third kappa shape index (κ3) is 1.80. The van der Waals surface area contributed by atoms with Crippen molar-refractivity contribution in [1.82, 2.24) is 0 Å². The number of esters is 1. The molecule has 0 fully saturated rings. The average molecular weight is 180 g/mol. The molecule has 0 saturated carbocycles. The first-order valence-corrected chi connectivity index (χ1v) is 3.92. The molecule has 70 valence electrons. The summed E-state index contributed by atoms with van der Waals surface area (Å²) in [5, 5.41) is 0. The molecule has 0 amide bonds. The molecule has 1 aromatic rings. The number of aryl methyl sites for hydroxylation is 1. The Morgan fingerprint density at radius 2 is 2.00 bits per heavy atom. The van der Waals surface area contributed by atoms with E-state index < -0.39 is 0 Å². The Bertz CT molecular complexity index is 318. The van der Waals surface area contributed by atoms with Crippen LogP contribution in [-0.2, 0) is 4.74 Å². The summed E-state index contributed by atoms with van der Waals surface area (Å²) in [6, 6.07) is 5.41. The number of carbonyl (C=O) groups excluding carboxylic acids is 1. The predicted octanol–water partition coefficient (Wildman–Crippen LogP) is 1.79. The largest absolute Gasteiger partial charge is 0.496 e. The normalized spacial score (nSPS) is 9.46. The monoisotopic (exact) mass is 180 g/mol. The number of carbonyl (C=O) groups is 1. The highest BCUT2D eigenvalue weighted by atomic mass is 16.5. The fourth-order valence-corrected chi connectivity index (χ4v) is 1.17. The van der Waals surface area contributed by atoms with Gasteiger partial charge in [0.25, 0.3) is 0 Å². The third-order valence-electron chi connectivity index (χ3n) is 1.84. The molecule has 0 saturated heterocycles. The fraction of sp³-hybridized carbons (Fsp3) is 0.300. The van der Waals surface area contributed by atoms with Crippen molar-refractivity contribution in [2.45, 2.75) is 6.92 Å². The van der Waals surface area contributed by atoms with E-state index in [2.05, 4.69) is 4.74 Å². The van der Waals surface area contributed by atoms with Crippen LogP contribution in [0.15, 0.2) is 18.2 Å². The van der Waals surface area contributed by atoms with Gasteiger partial charge in [0.1, 0.15) is 11.3 Å². The van der Waals surface area contributed by atoms with Crippen molar-refractivity contribution in [3.63, 3.8) is 0 Å². The molecule has 0 atom stereocenters. The Balaban J connectivity index is 3.22. The van der Waals surface area contributed by atoms with Gasteiger partial charge in [-0.1, -0.05) is 12.1 Å². The Morgan fingerprint density at radius 3 is 2.54 bits per heavy atom. The highest BCUT2D eigenvalue weighted by Gasteiger charge is 2.14. The van der Waals surface area contributed by atoms with E-state index in [9.17, 15) is 4.79 Å². The Hall–Kier alpha value is -1.51. The van der Waals surface area contributed by atoms with Crippen LogP contribution in [0.25, 0.3) is 0 Å². The fourth-order valence-electron chi connectivity index (χ4n) is 1.17. The molecule has 1 aromatic carbocycles. The van der Waals surface area contributed by atoms with Gasteiger partial charge in [0, 0.05) is 0 Å². The number of rotatable bonds is 2. The summed E-state index contributed by atoms with van der Waals surface area (Å²) in [5.74, 6) is 0.182. The second-order valence-electron chi connectivity index (χ2n) is 2.64. The zero-order valence-corrected chi connectivity index (χ0v) is 7.96. The van der Waals surface area contributed by atoms with Crippen LogP contribution in [0.5, 0.6) is 5.75 Å². The van der Waals surface area contributed by atoms with Gasteiger partial charge in [-0.15, -0.1) is 0 Å². The van der Waals surface area contributed by atoms with Crippen molar-refractivity contribution in [2.75, 3.05) is 14.2 Å². The highest BCUT2D eigenvalue weighted by Crippen LogP contribution is 2.21. The van der Waals surface area contributed by atoms with Crippen LogP contribution in [-0.4, -0.2) is 20.2 Å². The maximum Gasteiger partial charge on any atom is 0.341 e. The lowest BCUT2D eigenvalue weighted by Crippen LogP contribution is -2.06. The Labute approximate surface area is 77.3 Å². The molecule has 0 aromatic heterocycles. The van der Waals surface area contributed by atoms with E-state index >= 15 is 0 Å². The van der Waals surface area contributed by atoms with E-state index in [0.29, 0.717) is 11.3 Å². The van der Waals surface area contributed by atoms with Crippen molar-refractivity contribution >= 4 is 5.97 Å². The lowest BCUT2D eigenvalue weighted by atomic mass is 10.1. The zero-order chi connectivity index (χ0) is 9.84.